The van der Waals surface area contributed by atoms with Crippen molar-refractivity contribution in [2.75, 3.05) is 20.3 Å². The molecule has 0 aliphatic heterocycles. The number of rotatable bonds is 6. The smallest absolute Gasteiger partial charge is 0.411 e. The van der Waals surface area contributed by atoms with E-state index in [1.807, 2.05) is 0 Å². The van der Waals surface area contributed by atoms with Gasteiger partial charge in [0.05, 0.1) is 19.8 Å². The van der Waals surface area contributed by atoms with Crippen LogP contribution < -0.4 is 16.0 Å². The lowest BCUT2D eigenvalue weighted by atomic mass is 10.1. The lowest BCUT2D eigenvalue weighted by molar-refractivity contribution is -0.175. The van der Waals surface area contributed by atoms with Crippen molar-refractivity contribution < 1.29 is 27.0 Å². The summed E-state index contributed by atoms with van der Waals surface area (Å²) in [5.41, 5.74) is 2.55. The van der Waals surface area contributed by atoms with Crippen LogP contribution in [0.2, 0.25) is 0 Å². The molecule has 0 spiro atoms. The molecule has 0 fully saturated rings. The van der Waals surface area contributed by atoms with E-state index in [2.05, 4.69) is 10.2 Å². The Morgan fingerprint density at radius 2 is 2.05 bits per heavy atom. The minimum Gasteiger partial charge on any atom is -0.496 e. The average molecular weight is 282 g/mol. The van der Waals surface area contributed by atoms with Gasteiger partial charge in [0.1, 0.15) is 18.2 Å². The van der Waals surface area contributed by atoms with Gasteiger partial charge in [-0.3, -0.25) is 11.3 Å². The number of hydrazine groups is 1. The summed E-state index contributed by atoms with van der Waals surface area (Å²) in [4.78, 5) is 0. The van der Waals surface area contributed by atoms with Crippen LogP contribution in [0.15, 0.2) is 18.2 Å². The van der Waals surface area contributed by atoms with Crippen molar-refractivity contribution in [2.24, 2.45) is 5.84 Å². The molecule has 1 rings (SSSR count). The molecule has 0 aliphatic rings. The first kappa shape index (κ1) is 15.7. The van der Waals surface area contributed by atoms with E-state index in [0.29, 0.717) is 5.75 Å². The van der Waals surface area contributed by atoms with Crippen LogP contribution in [0.1, 0.15) is 11.6 Å². The molecular formula is C11H14F4N2O2. The molecule has 0 heterocycles. The first-order valence-electron chi connectivity index (χ1n) is 5.31. The summed E-state index contributed by atoms with van der Waals surface area (Å²) in [6.07, 6.45) is -4.43. The quantitative estimate of drug-likeness (QED) is 0.475. The van der Waals surface area contributed by atoms with Crippen molar-refractivity contribution in [3.8, 4) is 5.75 Å². The number of hydrogen-bond donors (Lipinski definition) is 2. The lowest BCUT2D eigenvalue weighted by Crippen LogP contribution is -2.33. The van der Waals surface area contributed by atoms with Gasteiger partial charge in [-0.15, -0.1) is 0 Å². The van der Waals surface area contributed by atoms with E-state index in [1.165, 1.54) is 19.2 Å². The molecule has 19 heavy (non-hydrogen) atoms. The molecule has 0 radical (unpaired) electrons. The Balaban J connectivity index is 2.76. The fourth-order valence-corrected chi connectivity index (χ4v) is 1.50. The van der Waals surface area contributed by atoms with Gasteiger partial charge >= 0.3 is 6.18 Å². The van der Waals surface area contributed by atoms with Crippen LogP contribution in [0.5, 0.6) is 5.75 Å². The van der Waals surface area contributed by atoms with E-state index in [0.717, 1.165) is 6.07 Å². The number of hydrogen-bond acceptors (Lipinski definition) is 4. The summed E-state index contributed by atoms with van der Waals surface area (Å²) < 4.78 is 58.5. The molecule has 0 aromatic heterocycles. The third-order valence-corrected chi connectivity index (χ3v) is 2.32. The molecule has 3 N–H and O–H groups in total. The van der Waals surface area contributed by atoms with Crippen molar-refractivity contribution in [1.29, 1.82) is 0 Å². The van der Waals surface area contributed by atoms with Gasteiger partial charge in [0.15, 0.2) is 0 Å². The molecule has 0 saturated heterocycles. The number of halogens is 4. The van der Waals surface area contributed by atoms with E-state index in [9.17, 15) is 17.6 Å². The second-order valence-corrected chi connectivity index (χ2v) is 3.74. The van der Waals surface area contributed by atoms with Crippen molar-refractivity contribution in [3.63, 3.8) is 0 Å². The zero-order valence-corrected chi connectivity index (χ0v) is 10.1. The summed E-state index contributed by atoms with van der Waals surface area (Å²) in [7, 11) is 1.36. The van der Waals surface area contributed by atoms with Gasteiger partial charge in [-0.2, -0.15) is 13.2 Å². The van der Waals surface area contributed by atoms with Gasteiger partial charge in [-0.25, -0.2) is 4.39 Å². The molecule has 0 bridgehead atoms. The van der Waals surface area contributed by atoms with E-state index in [4.69, 9.17) is 10.6 Å². The second kappa shape index (κ2) is 6.69. The van der Waals surface area contributed by atoms with Gasteiger partial charge < -0.3 is 9.47 Å². The van der Waals surface area contributed by atoms with Crippen molar-refractivity contribution in [3.05, 3.63) is 29.6 Å². The minimum absolute atomic E-state index is 0.284. The van der Waals surface area contributed by atoms with Gasteiger partial charge in [0.2, 0.25) is 0 Å². The van der Waals surface area contributed by atoms with Crippen LogP contribution >= 0.6 is 0 Å². The maximum atomic E-state index is 13.1. The summed E-state index contributed by atoms with van der Waals surface area (Å²) >= 11 is 0. The largest absolute Gasteiger partial charge is 0.496 e. The van der Waals surface area contributed by atoms with Gasteiger partial charge in [0.25, 0.3) is 0 Å². The number of methoxy groups -OCH3 is 1. The molecule has 1 aromatic rings. The first-order valence-corrected chi connectivity index (χ1v) is 5.31. The highest BCUT2D eigenvalue weighted by Crippen LogP contribution is 2.26. The highest BCUT2D eigenvalue weighted by atomic mass is 19.4. The summed E-state index contributed by atoms with van der Waals surface area (Å²) in [5.74, 6) is 5.00. The Morgan fingerprint density at radius 3 is 2.58 bits per heavy atom. The Hall–Kier alpha value is -1.38. The molecule has 0 saturated carbocycles. The monoisotopic (exact) mass is 282 g/mol. The molecule has 0 amide bonds. The summed E-state index contributed by atoms with van der Waals surface area (Å²) in [5, 5.41) is 0. The summed E-state index contributed by atoms with van der Waals surface area (Å²) in [6.45, 7) is -1.77. The molecule has 4 nitrogen and oxygen atoms in total. The molecule has 8 heteroatoms. The third-order valence-electron chi connectivity index (χ3n) is 2.32. The Labute approximate surface area is 107 Å². The second-order valence-electron chi connectivity index (χ2n) is 3.74. The van der Waals surface area contributed by atoms with E-state index in [-0.39, 0.29) is 12.2 Å². The minimum atomic E-state index is -4.43. The molecule has 0 aliphatic carbocycles. The Bertz CT molecular complexity index is 412. The molecule has 1 aromatic carbocycles. The number of nitrogens with one attached hydrogen (secondary N) is 1. The maximum absolute atomic E-state index is 13.1. The van der Waals surface area contributed by atoms with E-state index < -0.39 is 24.6 Å². The van der Waals surface area contributed by atoms with Crippen molar-refractivity contribution >= 4 is 0 Å². The van der Waals surface area contributed by atoms with Crippen LogP contribution in [-0.2, 0) is 4.74 Å². The zero-order chi connectivity index (χ0) is 14.5. The third kappa shape index (κ3) is 5.01. The standard InChI is InChI=1S/C11H14F4N2O2/c1-18-10-3-2-7(12)4-8(10)9(17-16)5-19-6-11(13,14)15/h2-4,9,17H,5-6,16H2,1H3. The molecular weight excluding hydrogens is 268 g/mol. The molecule has 1 atom stereocenters. The number of ether oxygens (including phenoxy) is 2. The van der Waals surface area contributed by atoms with Crippen LogP contribution in [0.4, 0.5) is 17.6 Å². The Morgan fingerprint density at radius 1 is 1.37 bits per heavy atom. The average Bonchev–Trinajstić information content (AvgIpc) is 2.33. The van der Waals surface area contributed by atoms with Gasteiger partial charge in [-0.1, -0.05) is 0 Å². The molecule has 1 unspecified atom stereocenters. The van der Waals surface area contributed by atoms with Crippen molar-refractivity contribution in [2.45, 2.75) is 12.2 Å². The van der Waals surface area contributed by atoms with Crippen LogP contribution in [0.3, 0.4) is 0 Å². The van der Waals surface area contributed by atoms with E-state index in [1.54, 1.807) is 0 Å². The normalized spacial score (nSPS) is 13.4. The van der Waals surface area contributed by atoms with Crippen molar-refractivity contribution in [1.82, 2.24) is 5.43 Å². The Kier molecular flexibility index (Phi) is 5.52. The number of alkyl halides is 3. The highest BCUT2D eigenvalue weighted by Gasteiger charge is 2.28. The topological polar surface area (TPSA) is 56.5 Å². The SMILES string of the molecule is COc1ccc(F)cc1C(COCC(F)(F)F)NN. The zero-order valence-electron chi connectivity index (χ0n) is 10.1. The summed E-state index contributed by atoms with van der Waals surface area (Å²) in [6, 6.07) is 2.85. The fraction of sp³-hybridized carbons (Fsp3) is 0.455. The van der Waals surface area contributed by atoms with E-state index >= 15 is 0 Å². The maximum Gasteiger partial charge on any atom is 0.411 e. The van der Waals surface area contributed by atoms with Gasteiger partial charge in [0, 0.05) is 5.56 Å². The number of benzene rings is 1. The number of nitrogens with two attached hydrogens (primary N) is 1. The molecule has 108 valence electrons. The van der Waals surface area contributed by atoms with Crippen LogP contribution in [0.25, 0.3) is 0 Å². The highest BCUT2D eigenvalue weighted by molar-refractivity contribution is 5.36. The predicted molar refractivity (Wildman–Crippen MR) is 59.9 cm³/mol. The van der Waals surface area contributed by atoms with Gasteiger partial charge in [-0.05, 0) is 18.2 Å². The predicted octanol–water partition coefficient (Wildman–Crippen LogP) is 1.92. The van der Waals surface area contributed by atoms with Crippen LogP contribution in [-0.4, -0.2) is 26.5 Å². The fourth-order valence-electron chi connectivity index (χ4n) is 1.50. The first-order chi connectivity index (χ1) is 8.87. The van der Waals surface area contributed by atoms with Crippen LogP contribution in [0, 0.1) is 5.82 Å². The lowest BCUT2D eigenvalue weighted by Gasteiger charge is -2.19.